The van der Waals surface area contributed by atoms with Crippen LogP contribution < -0.4 is 11.1 Å². The Balaban J connectivity index is 1.95. The lowest BCUT2D eigenvalue weighted by molar-refractivity contribution is 0.0188. The molecule has 1 amide bonds. The lowest BCUT2D eigenvalue weighted by Crippen LogP contribution is -2.46. The summed E-state index contributed by atoms with van der Waals surface area (Å²) in [5, 5.41) is 0. The zero-order valence-electron chi connectivity index (χ0n) is 18.6. The summed E-state index contributed by atoms with van der Waals surface area (Å²) in [4.78, 5) is 44.0. The van der Waals surface area contributed by atoms with E-state index in [9.17, 15) is 14.4 Å². The van der Waals surface area contributed by atoms with Crippen molar-refractivity contribution >= 4 is 23.3 Å². The number of aromatic nitrogens is 3. The minimum atomic E-state index is -0.580. The number of allylic oxidation sites excluding steroid dienone is 1. The fraction of sp³-hybridized carbons (Fsp3) is 0.545. The van der Waals surface area contributed by atoms with Crippen LogP contribution in [0.5, 0.6) is 0 Å². The van der Waals surface area contributed by atoms with Gasteiger partial charge < -0.3 is 14.2 Å². The van der Waals surface area contributed by atoms with E-state index in [0.717, 1.165) is 11.1 Å². The average Bonchev–Trinajstić information content (AvgIpc) is 2.65. The summed E-state index contributed by atoms with van der Waals surface area (Å²) >= 11 is 0. The molecule has 0 unspecified atom stereocenters. The first-order chi connectivity index (χ1) is 14.0. The number of hydrogen-bond acceptors (Lipinski definition) is 5. The van der Waals surface area contributed by atoms with Gasteiger partial charge in [0.25, 0.3) is 0 Å². The van der Waals surface area contributed by atoms with Crippen LogP contribution in [0.15, 0.2) is 27.4 Å². The van der Waals surface area contributed by atoms with E-state index < -0.39 is 16.7 Å². The van der Waals surface area contributed by atoms with Crippen LogP contribution in [0, 0.1) is 0 Å². The predicted octanol–water partition coefficient (Wildman–Crippen LogP) is 3.09. The molecule has 8 heteroatoms. The molecule has 3 rings (SSSR count). The van der Waals surface area contributed by atoms with E-state index in [1.54, 1.807) is 18.1 Å². The minimum absolute atomic E-state index is 0.200. The van der Waals surface area contributed by atoms with E-state index in [-0.39, 0.29) is 12.1 Å². The zero-order chi connectivity index (χ0) is 22.2. The molecule has 1 saturated heterocycles. The van der Waals surface area contributed by atoms with Crippen LogP contribution >= 0.6 is 0 Å². The highest BCUT2D eigenvalue weighted by molar-refractivity contribution is 5.74. The lowest BCUT2D eigenvalue weighted by atomic mass is 10.0. The molecule has 1 fully saturated rings. The monoisotopic (exact) mass is 414 g/mol. The van der Waals surface area contributed by atoms with Gasteiger partial charge in [-0.25, -0.2) is 9.78 Å². The molecular weight excluding hydrogens is 384 g/mol. The highest BCUT2D eigenvalue weighted by Gasteiger charge is 2.29. The number of fused-ring (bicyclic) bond motifs is 1. The SMILES string of the molecule is CC(C)=Cc1cnc2c(c1)n(C)c(=O)c(=O)n2C1CCN(C(=O)OC(C)(C)C)CC1. The summed E-state index contributed by atoms with van der Waals surface area (Å²) in [5.41, 5.74) is 1.38. The number of piperidine rings is 1. The Morgan fingerprint density at radius 3 is 2.37 bits per heavy atom. The van der Waals surface area contributed by atoms with Gasteiger partial charge in [-0.1, -0.05) is 11.6 Å². The summed E-state index contributed by atoms with van der Waals surface area (Å²) in [6.45, 7) is 10.4. The van der Waals surface area contributed by atoms with E-state index in [2.05, 4.69) is 4.98 Å². The fourth-order valence-corrected chi connectivity index (χ4v) is 3.73. The second-order valence-electron chi connectivity index (χ2n) is 9.07. The Hall–Kier alpha value is -2.90. The van der Waals surface area contributed by atoms with Crippen molar-refractivity contribution in [3.63, 3.8) is 0 Å². The Bertz CT molecular complexity index is 1110. The molecule has 3 heterocycles. The molecule has 0 N–H and O–H groups in total. The number of carbonyl (C=O) groups is 1. The van der Waals surface area contributed by atoms with Crippen LogP contribution in [0.1, 0.15) is 59.1 Å². The Morgan fingerprint density at radius 1 is 1.17 bits per heavy atom. The van der Waals surface area contributed by atoms with Crippen molar-refractivity contribution in [3.05, 3.63) is 44.1 Å². The molecule has 8 nitrogen and oxygen atoms in total. The van der Waals surface area contributed by atoms with Crippen LogP contribution in [0.25, 0.3) is 17.2 Å². The maximum Gasteiger partial charge on any atom is 0.410 e. The standard InChI is InChI=1S/C22H30N4O4/c1-14(2)11-15-12-17-18(23-13-15)26(20(28)19(27)24(17)6)16-7-9-25(10-8-16)21(29)30-22(3,4)5/h11-13,16H,7-10H2,1-6H3. The average molecular weight is 415 g/mol. The van der Waals surface area contributed by atoms with Crippen LogP contribution in [-0.4, -0.2) is 43.8 Å². The van der Waals surface area contributed by atoms with Crippen LogP contribution in [0.3, 0.4) is 0 Å². The number of likely N-dealkylation sites (tertiary alicyclic amines) is 1. The summed E-state index contributed by atoms with van der Waals surface area (Å²) < 4.78 is 8.31. The Labute approximate surface area is 175 Å². The third-order valence-corrected chi connectivity index (χ3v) is 5.10. The molecule has 162 valence electrons. The first-order valence-corrected chi connectivity index (χ1v) is 10.2. The fourth-order valence-electron chi connectivity index (χ4n) is 3.73. The third kappa shape index (κ3) is 4.47. The molecule has 30 heavy (non-hydrogen) atoms. The maximum absolute atomic E-state index is 12.8. The first-order valence-electron chi connectivity index (χ1n) is 10.2. The minimum Gasteiger partial charge on any atom is -0.444 e. The van der Waals surface area contributed by atoms with Gasteiger partial charge in [-0.05, 0) is 59.1 Å². The number of hydrogen-bond donors (Lipinski definition) is 0. The van der Waals surface area contributed by atoms with Crippen molar-refractivity contribution in [1.82, 2.24) is 19.0 Å². The molecule has 0 aromatic carbocycles. The van der Waals surface area contributed by atoms with Crippen molar-refractivity contribution in [2.45, 2.75) is 59.1 Å². The lowest BCUT2D eigenvalue weighted by Gasteiger charge is -2.34. The molecule has 0 saturated carbocycles. The van der Waals surface area contributed by atoms with Crippen molar-refractivity contribution in [3.8, 4) is 0 Å². The van der Waals surface area contributed by atoms with Gasteiger partial charge in [0.1, 0.15) is 5.60 Å². The topological polar surface area (TPSA) is 86.4 Å². The van der Waals surface area contributed by atoms with Crippen molar-refractivity contribution < 1.29 is 9.53 Å². The molecule has 1 aliphatic rings. The molecule has 0 spiro atoms. The molecule has 0 bridgehead atoms. The van der Waals surface area contributed by atoms with E-state index in [1.165, 1.54) is 9.13 Å². The van der Waals surface area contributed by atoms with E-state index >= 15 is 0 Å². The Morgan fingerprint density at radius 2 is 1.80 bits per heavy atom. The van der Waals surface area contributed by atoms with Crippen molar-refractivity contribution in [1.29, 1.82) is 0 Å². The first kappa shape index (κ1) is 21.8. The predicted molar refractivity (Wildman–Crippen MR) is 117 cm³/mol. The van der Waals surface area contributed by atoms with Gasteiger partial charge in [-0.3, -0.25) is 14.2 Å². The highest BCUT2D eigenvalue weighted by atomic mass is 16.6. The van der Waals surface area contributed by atoms with Crippen LogP contribution in [-0.2, 0) is 11.8 Å². The van der Waals surface area contributed by atoms with Gasteiger partial charge in [0, 0.05) is 32.4 Å². The summed E-state index contributed by atoms with van der Waals surface area (Å²) in [7, 11) is 1.59. The van der Waals surface area contributed by atoms with Gasteiger partial charge in [0.15, 0.2) is 5.65 Å². The van der Waals surface area contributed by atoms with Gasteiger partial charge in [0.2, 0.25) is 0 Å². The van der Waals surface area contributed by atoms with E-state index in [0.29, 0.717) is 37.1 Å². The number of nitrogens with zero attached hydrogens (tertiary/aromatic N) is 4. The van der Waals surface area contributed by atoms with Crippen molar-refractivity contribution in [2.75, 3.05) is 13.1 Å². The van der Waals surface area contributed by atoms with Gasteiger partial charge in [-0.2, -0.15) is 0 Å². The molecule has 0 radical (unpaired) electrons. The summed E-state index contributed by atoms with van der Waals surface area (Å²) in [6.07, 6.45) is 4.45. The number of aryl methyl sites for hydroxylation is 1. The maximum atomic E-state index is 12.8. The molecule has 0 atom stereocenters. The normalized spacial score (nSPS) is 15.3. The largest absolute Gasteiger partial charge is 0.444 e. The van der Waals surface area contributed by atoms with Gasteiger partial charge >= 0.3 is 17.2 Å². The number of amides is 1. The number of pyridine rings is 1. The quantitative estimate of drug-likeness (QED) is 0.705. The smallest absolute Gasteiger partial charge is 0.410 e. The molecular formula is C22H30N4O4. The molecule has 2 aromatic heterocycles. The molecule has 1 aliphatic heterocycles. The Kier molecular flexibility index (Phi) is 5.87. The van der Waals surface area contributed by atoms with Crippen LogP contribution in [0.2, 0.25) is 0 Å². The van der Waals surface area contributed by atoms with E-state index in [4.69, 9.17) is 4.74 Å². The highest BCUT2D eigenvalue weighted by Crippen LogP contribution is 2.25. The van der Waals surface area contributed by atoms with Crippen molar-refractivity contribution in [2.24, 2.45) is 7.05 Å². The van der Waals surface area contributed by atoms with E-state index in [1.807, 2.05) is 46.8 Å². The van der Waals surface area contributed by atoms with Crippen LogP contribution in [0.4, 0.5) is 4.79 Å². The molecule has 2 aromatic rings. The number of rotatable bonds is 2. The second-order valence-corrected chi connectivity index (χ2v) is 9.07. The number of ether oxygens (including phenoxy) is 1. The van der Waals surface area contributed by atoms with Gasteiger partial charge in [0.05, 0.1) is 5.52 Å². The zero-order valence-corrected chi connectivity index (χ0v) is 18.6. The third-order valence-electron chi connectivity index (χ3n) is 5.10. The molecule has 0 aliphatic carbocycles. The number of carbonyl (C=O) groups excluding carboxylic acids is 1. The summed E-state index contributed by atoms with van der Waals surface area (Å²) in [5.74, 6) is 0. The summed E-state index contributed by atoms with van der Waals surface area (Å²) in [6, 6.07) is 1.68. The van der Waals surface area contributed by atoms with Gasteiger partial charge in [-0.15, -0.1) is 0 Å². The second kappa shape index (κ2) is 8.08.